The van der Waals surface area contributed by atoms with Crippen LogP contribution in [0.4, 0.5) is 5.69 Å². The number of hydrogen-bond acceptors (Lipinski definition) is 3. The Hall–Kier alpha value is -0.450. The highest BCUT2D eigenvalue weighted by Gasteiger charge is 2.19. The van der Waals surface area contributed by atoms with Gasteiger partial charge in [0.25, 0.3) is 0 Å². The van der Waals surface area contributed by atoms with Gasteiger partial charge in [-0.2, -0.15) is 0 Å². The summed E-state index contributed by atoms with van der Waals surface area (Å²) in [5.41, 5.74) is 0.945. The number of likely N-dealkylation sites (N-methyl/N-ethyl adjacent to an activating group) is 1. The Morgan fingerprint density at radius 2 is 2.26 bits per heavy atom. The molecule has 1 N–H and O–H groups in total. The molecule has 0 saturated carbocycles. The van der Waals surface area contributed by atoms with Crippen molar-refractivity contribution >= 4 is 33.2 Å². The Labute approximate surface area is 128 Å². The molecule has 1 fully saturated rings. The Bertz CT molecular complexity index is 442. The number of methoxy groups -OCH3 is 1. The first-order valence-corrected chi connectivity index (χ1v) is 7.76. The summed E-state index contributed by atoms with van der Waals surface area (Å²) in [4.78, 5) is 2.42. The van der Waals surface area contributed by atoms with Crippen LogP contribution in [-0.4, -0.2) is 38.2 Å². The molecule has 1 unspecified atom stereocenters. The summed E-state index contributed by atoms with van der Waals surface area (Å²) < 4.78 is 6.29. The van der Waals surface area contributed by atoms with E-state index < -0.39 is 0 Å². The van der Waals surface area contributed by atoms with Crippen molar-refractivity contribution in [1.82, 2.24) is 4.90 Å². The molecule has 0 aromatic heterocycles. The predicted molar refractivity (Wildman–Crippen MR) is 84.5 cm³/mol. The lowest BCUT2D eigenvalue weighted by Gasteiger charge is -2.33. The lowest BCUT2D eigenvalue weighted by molar-refractivity contribution is 0.194. The van der Waals surface area contributed by atoms with Crippen LogP contribution in [0.1, 0.15) is 19.3 Å². The van der Waals surface area contributed by atoms with Gasteiger partial charge in [-0.1, -0.05) is 18.0 Å². The van der Waals surface area contributed by atoms with Crippen LogP contribution in [0, 0.1) is 0 Å². The maximum Gasteiger partial charge on any atom is 0.156 e. The summed E-state index contributed by atoms with van der Waals surface area (Å²) in [5.74, 6) is 0.808. The maximum absolute atomic E-state index is 6.09. The Balaban J connectivity index is 2.06. The molecule has 0 aliphatic carbocycles. The number of nitrogens with zero attached hydrogens (tertiary/aromatic N) is 1. The van der Waals surface area contributed by atoms with E-state index in [0.29, 0.717) is 11.1 Å². The second-order valence-electron chi connectivity index (χ2n) is 4.98. The first-order chi connectivity index (χ1) is 9.11. The van der Waals surface area contributed by atoms with Crippen LogP contribution in [0.5, 0.6) is 5.75 Å². The third-order valence-electron chi connectivity index (χ3n) is 3.66. The SMILES string of the molecule is COc1c(Br)cc(Cl)cc1NCC1CCCCN1C. The summed E-state index contributed by atoms with van der Waals surface area (Å²) in [7, 11) is 3.86. The molecule has 19 heavy (non-hydrogen) atoms. The minimum Gasteiger partial charge on any atom is -0.493 e. The molecule has 0 bridgehead atoms. The van der Waals surface area contributed by atoms with Crippen LogP contribution in [0.15, 0.2) is 16.6 Å². The zero-order valence-corrected chi connectivity index (χ0v) is 13.7. The van der Waals surface area contributed by atoms with E-state index in [0.717, 1.165) is 22.5 Å². The number of piperidine rings is 1. The van der Waals surface area contributed by atoms with E-state index in [4.69, 9.17) is 16.3 Å². The van der Waals surface area contributed by atoms with Crippen LogP contribution in [0.3, 0.4) is 0 Å². The fourth-order valence-electron chi connectivity index (χ4n) is 2.53. The van der Waals surface area contributed by atoms with E-state index in [1.54, 1.807) is 7.11 Å². The van der Waals surface area contributed by atoms with Crippen LogP contribution in [0.2, 0.25) is 5.02 Å². The van der Waals surface area contributed by atoms with Crippen molar-refractivity contribution in [2.24, 2.45) is 0 Å². The third-order valence-corrected chi connectivity index (χ3v) is 4.47. The van der Waals surface area contributed by atoms with Gasteiger partial charge in [-0.3, -0.25) is 0 Å². The van der Waals surface area contributed by atoms with Crippen LogP contribution in [0.25, 0.3) is 0 Å². The second kappa shape index (κ2) is 6.82. The molecular formula is C14H20BrClN2O. The van der Waals surface area contributed by atoms with Gasteiger partial charge in [0.1, 0.15) is 0 Å². The van der Waals surface area contributed by atoms with E-state index in [1.807, 2.05) is 12.1 Å². The maximum atomic E-state index is 6.09. The Morgan fingerprint density at radius 1 is 1.47 bits per heavy atom. The molecule has 1 aromatic rings. The number of benzene rings is 1. The van der Waals surface area contributed by atoms with E-state index >= 15 is 0 Å². The molecule has 5 heteroatoms. The van der Waals surface area contributed by atoms with Gasteiger partial charge in [-0.15, -0.1) is 0 Å². The summed E-state index contributed by atoms with van der Waals surface area (Å²) in [5, 5.41) is 4.17. The quantitative estimate of drug-likeness (QED) is 0.890. The fraction of sp³-hybridized carbons (Fsp3) is 0.571. The summed E-state index contributed by atoms with van der Waals surface area (Å²) in [6.45, 7) is 2.10. The Morgan fingerprint density at radius 3 is 2.95 bits per heavy atom. The number of nitrogens with one attached hydrogen (secondary N) is 1. The fourth-order valence-corrected chi connectivity index (χ4v) is 3.50. The largest absolute Gasteiger partial charge is 0.493 e. The first kappa shape index (κ1) is 14.9. The molecule has 0 radical (unpaired) electrons. The van der Waals surface area contributed by atoms with E-state index in [-0.39, 0.29) is 0 Å². The highest BCUT2D eigenvalue weighted by Crippen LogP contribution is 2.36. The number of rotatable bonds is 4. The van der Waals surface area contributed by atoms with Crippen LogP contribution in [-0.2, 0) is 0 Å². The van der Waals surface area contributed by atoms with Gasteiger partial charge in [0, 0.05) is 17.6 Å². The zero-order chi connectivity index (χ0) is 13.8. The monoisotopic (exact) mass is 346 g/mol. The van der Waals surface area contributed by atoms with Gasteiger partial charge in [0.15, 0.2) is 5.75 Å². The van der Waals surface area contributed by atoms with Gasteiger partial charge in [-0.25, -0.2) is 0 Å². The number of likely N-dealkylation sites (tertiary alicyclic amines) is 1. The van der Waals surface area contributed by atoms with Gasteiger partial charge >= 0.3 is 0 Å². The molecule has 1 aliphatic heterocycles. The highest BCUT2D eigenvalue weighted by atomic mass is 79.9. The molecular weight excluding hydrogens is 328 g/mol. The molecule has 3 nitrogen and oxygen atoms in total. The molecule has 0 amide bonds. The number of hydrogen-bond donors (Lipinski definition) is 1. The summed E-state index contributed by atoms with van der Waals surface area (Å²) >= 11 is 9.57. The third kappa shape index (κ3) is 3.77. The lowest BCUT2D eigenvalue weighted by atomic mass is 10.0. The van der Waals surface area contributed by atoms with Crippen LogP contribution >= 0.6 is 27.5 Å². The van der Waals surface area contributed by atoms with Gasteiger partial charge < -0.3 is 15.0 Å². The topological polar surface area (TPSA) is 24.5 Å². The van der Waals surface area contributed by atoms with E-state index in [1.165, 1.54) is 25.8 Å². The summed E-state index contributed by atoms with van der Waals surface area (Å²) in [6, 6.07) is 4.34. The van der Waals surface area contributed by atoms with Gasteiger partial charge in [-0.05, 0) is 54.5 Å². The number of halogens is 2. The molecule has 1 aliphatic rings. The smallest absolute Gasteiger partial charge is 0.156 e. The molecule has 1 atom stereocenters. The number of anilines is 1. The average Bonchev–Trinajstić information content (AvgIpc) is 2.37. The van der Waals surface area contributed by atoms with Crippen molar-refractivity contribution in [3.05, 3.63) is 21.6 Å². The molecule has 2 rings (SSSR count). The van der Waals surface area contributed by atoms with Crippen molar-refractivity contribution in [3.63, 3.8) is 0 Å². The van der Waals surface area contributed by atoms with Crippen molar-refractivity contribution < 1.29 is 4.74 Å². The first-order valence-electron chi connectivity index (χ1n) is 6.59. The van der Waals surface area contributed by atoms with Crippen LogP contribution < -0.4 is 10.1 Å². The molecule has 106 valence electrons. The van der Waals surface area contributed by atoms with Crippen molar-refractivity contribution in [3.8, 4) is 5.75 Å². The zero-order valence-electron chi connectivity index (χ0n) is 11.4. The predicted octanol–water partition coefficient (Wildman–Crippen LogP) is 4.01. The minimum atomic E-state index is 0.580. The minimum absolute atomic E-state index is 0.580. The van der Waals surface area contributed by atoms with Gasteiger partial charge in [0.05, 0.1) is 17.3 Å². The lowest BCUT2D eigenvalue weighted by Crippen LogP contribution is -2.40. The van der Waals surface area contributed by atoms with Crippen molar-refractivity contribution in [1.29, 1.82) is 0 Å². The Kier molecular flexibility index (Phi) is 5.37. The molecule has 1 aromatic carbocycles. The van der Waals surface area contributed by atoms with E-state index in [2.05, 4.69) is 33.2 Å². The van der Waals surface area contributed by atoms with Crippen molar-refractivity contribution in [2.75, 3.05) is 32.6 Å². The molecule has 0 spiro atoms. The van der Waals surface area contributed by atoms with E-state index in [9.17, 15) is 0 Å². The normalized spacial score (nSPS) is 20.3. The highest BCUT2D eigenvalue weighted by molar-refractivity contribution is 9.10. The van der Waals surface area contributed by atoms with Crippen molar-refractivity contribution in [2.45, 2.75) is 25.3 Å². The van der Waals surface area contributed by atoms with Gasteiger partial charge in [0.2, 0.25) is 0 Å². The molecule has 1 heterocycles. The average molecular weight is 348 g/mol. The molecule has 1 saturated heterocycles. The standard InChI is InChI=1S/C14H20BrClN2O/c1-18-6-4-3-5-11(18)9-17-13-8-10(16)7-12(15)14(13)19-2/h7-8,11,17H,3-6,9H2,1-2H3. The summed E-state index contributed by atoms with van der Waals surface area (Å²) in [6.07, 6.45) is 3.86. The second-order valence-corrected chi connectivity index (χ2v) is 6.27. The number of ether oxygens (including phenoxy) is 1.